The first-order chi connectivity index (χ1) is 11.9. The lowest BCUT2D eigenvalue weighted by Gasteiger charge is -2.23. The van der Waals surface area contributed by atoms with Gasteiger partial charge in [-0.25, -0.2) is 4.98 Å². The maximum absolute atomic E-state index is 12.7. The van der Waals surface area contributed by atoms with Crippen LogP contribution in [0.3, 0.4) is 0 Å². The number of hydrogen-bond donors (Lipinski definition) is 3. The molecule has 9 heteroatoms. The molecule has 0 aliphatic carbocycles. The van der Waals surface area contributed by atoms with E-state index in [0.29, 0.717) is 21.4 Å². The van der Waals surface area contributed by atoms with Gasteiger partial charge in [-0.3, -0.25) is 14.4 Å². The molecule has 1 aromatic heterocycles. The molecule has 0 saturated heterocycles. The number of H-pyrrole nitrogens is 1. The van der Waals surface area contributed by atoms with Crippen LogP contribution < -0.4 is 16.2 Å². The third kappa shape index (κ3) is 3.40. The van der Waals surface area contributed by atoms with E-state index in [0.717, 1.165) is 0 Å². The van der Waals surface area contributed by atoms with Gasteiger partial charge in [0.25, 0.3) is 5.56 Å². The minimum atomic E-state index is -0.922. The smallest absolute Gasteiger partial charge is 0.257 e. The molecule has 2 amide bonds. The van der Waals surface area contributed by atoms with Gasteiger partial charge in [0.2, 0.25) is 11.8 Å². The number of nitrogens with one attached hydrogen (secondary N) is 3. The highest BCUT2D eigenvalue weighted by Crippen LogP contribution is 2.31. The van der Waals surface area contributed by atoms with Crippen molar-refractivity contribution in [3.63, 3.8) is 0 Å². The summed E-state index contributed by atoms with van der Waals surface area (Å²) >= 11 is 7.30. The summed E-state index contributed by atoms with van der Waals surface area (Å²) in [7, 11) is 0. The van der Waals surface area contributed by atoms with E-state index in [1.807, 2.05) is 0 Å². The summed E-state index contributed by atoms with van der Waals surface area (Å²) < 4.78 is 0. The Labute approximate surface area is 152 Å². The van der Waals surface area contributed by atoms with Crippen molar-refractivity contribution in [3.8, 4) is 0 Å². The summed E-state index contributed by atoms with van der Waals surface area (Å²) in [6.07, 6.45) is 1.63. The van der Waals surface area contributed by atoms with Crippen molar-refractivity contribution in [2.24, 2.45) is 0 Å². The number of benzene rings is 1. The fourth-order valence-electron chi connectivity index (χ4n) is 2.63. The zero-order valence-corrected chi connectivity index (χ0v) is 15.0. The fourth-order valence-corrected chi connectivity index (χ4v) is 3.19. The van der Waals surface area contributed by atoms with Gasteiger partial charge in [0.15, 0.2) is 5.16 Å². The molecule has 2 heterocycles. The normalized spacial score (nSPS) is 16.1. The van der Waals surface area contributed by atoms with Gasteiger partial charge in [-0.05, 0) is 30.9 Å². The summed E-state index contributed by atoms with van der Waals surface area (Å²) in [6, 6.07) is 5.14. The number of rotatable bonds is 3. The van der Waals surface area contributed by atoms with Gasteiger partial charge >= 0.3 is 0 Å². The number of carbonyl (C=O) groups is 2. The Hall–Kier alpha value is -2.32. The highest BCUT2D eigenvalue weighted by Gasteiger charge is 2.34. The number of halogens is 1. The van der Waals surface area contributed by atoms with E-state index in [4.69, 9.17) is 11.6 Å². The summed E-state index contributed by atoms with van der Waals surface area (Å²) in [5.74, 6) is -1.60. The molecule has 7 nitrogen and oxygen atoms in total. The Kier molecular flexibility index (Phi) is 4.82. The maximum Gasteiger partial charge on any atom is 0.257 e. The minimum absolute atomic E-state index is 0.123. The third-order valence-electron chi connectivity index (χ3n) is 3.96. The number of carbonyl (C=O) groups excluding carboxylic acids is 2. The molecule has 2 aromatic rings. The number of fused-ring (bicyclic) bond motifs is 1. The number of aromatic nitrogens is 2. The predicted octanol–water partition coefficient (Wildman–Crippen LogP) is 2.52. The van der Waals surface area contributed by atoms with Crippen molar-refractivity contribution in [2.45, 2.75) is 24.4 Å². The molecule has 130 valence electrons. The highest BCUT2D eigenvalue weighted by atomic mass is 35.5. The van der Waals surface area contributed by atoms with Crippen LogP contribution in [-0.2, 0) is 9.59 Å². The average molecular weight is 379 g/mol. The lowest BCUT2D eigenvalue weighted by molar-refractivity contribution is -0.123. The predicted molar refractivity (Wildman–Crippen MR) is 97.4 cm³/mol. The topological polar surface area (TPSA) is 104 Å². The van der Waals surface area contributed by atoms with Crippen molar-refractivity contribution in [2.75, 3.05) is 16.9 Å². The molecule has 0 spiro atoms. The molecule has 0 fully saturated rings. The van der Waals surface area contributed by atoms with Gasteiger partial charge in [0.1, 0.15) is 5.82 Å². The number of amides is 2. The molecule has 1 aromatic carbocycles. The zero-order chi connectivity index (χ0) is 18.1. The number of hydrogen-bond acceptors (Lipinski definition) is 5. The second kappa shape index (κ2) is 6.89. The van der Waals surface area contributed by atoms with E-state index in [1.165, 1.54) is 11.8 Å². The Morgan fingerprint density at radius 3 is 2.88 bits per heavy atom. The fraction of sp³-hybridized carbons (Fsp3) is 0.250. The van der Waals surface area contributed by atoms with Gasteiger partial charge < -0.3 is 15.6 Å². The molecule has 1 aliphatic heterocycles. The first-order valence-electron chi connectivity index (χ1n) is 7.44. The first-order valence-corrected chi connectivity index (χ1v) is 9.05. The van der Waals surface area contributed by atoms with Gasteiger partial charge in [-0.2, -0.15) is 0 Å². The second-order valence-corrected chi connectivity index (χ2v) is 6.75. The molecular weight excluding hydrogens is 364 g/mol. The molecule has 0 unspecified atom stereocenters. The number of aromatic amines is 1. The molecule has 1 aliphatic rings. The van der Waals surface area contributed by atoms with Crippen LogP contribution >= 0.6 is 23.4 Å². The molecule has 0 bridgehead atoms. The van der Waals surface area contributed by atoms with Gasteiger partial charge in [0.05, 0.1) is 11.5 Å². The van der Waals surface area contributed by atoms with E-state index < -0.39 is 17.4 Å². The average Bonchev–Trinajstić information content (AvgIpc) is 2.57. The van der Waals surface area contributed by atoms with Crippen LogP contribution in [0.25, 0.3) is 0 Å². The van der Waals surface area contributed by atoms with Crippen LogP contribution in [0.15, 0.2) is 28.2 Å². The van der Waals surface area contributed by atoms with E-state index in [-0.39, 0.29) is 23.7 Å². The quantitative estimate of drug-likeness (QED) is 0.562. The molecule has 3 N–H and O–H groups in total. The van der Waals surface area contributed by atoms with Crippen molar-refractivity contribution in [1.29, 1.82) is 0 Å². The van der Waals surface area contributed by atoms with Crippen molar-refractivity contribution in [3.05, 3.63) is 44.7 Å². The van der Waals surface area contributed by atoms with Crippen molar-refractivity contribution >= 4 is 46.7 Å². The van der Waals surface area contributed by atoms with Crippen LogP contribution in [0.1, 0.15) is 23.5 Å². The van der Waals surface area contributed by atoms with Crippen LogP contribution in [0, 0.1) is 6.92 Å². The molecule has 3 rings (SSSR count). The minimum Gasteiger partial charge on any atom is -0.325 e. The molecule has 1 atom stereocenters. The van der Waals surface area contributed by atoms with Gasteiger partial charge in [-0.1, -0.05) is 29.4 Å². The Bertz CT molecular complexity index is 928. The van der Waals surface area contributed by atoms with E-state index >= 15 is 0 Å². The Morgan fingerprint density at radius 1 is 1.40 bits per heavy atom. The van der Waals surface area contributed by atoms with Crippen molar-refractivity contribution in [1.82, 2.24) is 9.97 Å². The molecule has 25 heavy (non-hydrogen) atoms. The first kappa shape index (κ1) is 17.5. The standard InChI is InChI=1S/C16H15ClN4O3S/c1-7-9(17)4-3-5-10(7)18-14(23)8-6-11(22)19-13-12(8)15(24)21-16(20-13)25-2/h3-5,8H,6H2,1-2H3,(H,18,23)(H2,19,20,21,22,24)/t8-/m1/s1. The Morgan fingerprint density at radius 2 is 2.16 bits per heavy atom. The lowest BCUT2D eigenvalue weighted by atomic mass is 9.92. The summed E-state index contributed by atoms with van der Waals surface area (Å²) in [5, 5.41) is 6.20. The summed E-state index contributed by atoms with van der Waals surface area (Å²) in [4.78, 5) is 43.9. The van der Waals surface area contributed by atoms with E-state index in [2.05, 4.69) is 20.6 Å². The number of thioether (sulfide) groups is 1. The Balaban J connectivity index is 1.98. The highest BCUT2D eigenvalue weighted by molar-refractivity contribution is 7.98. The molecule has 0 saturated carbocycles. The van der Waals surface area contributed by atoms with Gasteiger partial charge in [-0.15, -0.1) is 0 Å². The van der Waals surface area contributed by atoms with Crippen LogP contribution in [0.5, 0.6) is 0 Å². The van der Waals surface area contributed by atoms with Crippen LogP contribution in [0.4, 0.5) is 11.5 Å². The summed E-state index contributed by atoms with van der Waals surface area (Å²) in [5.41, 5.74) is 0.977. The maximum atomic E-state index is 12.7. The monoisotopic (exact) mass is 378 g/mol. The number of nitrogens with zero attached hydrogens (tertiary/aromatic N) is 1. The largest absolute Gasteiger partial charge is 0.325 e. The second-order valence-electron chi connectivity index (χ2n) is 5.54. The molecule has 0 radical (unpaired) electrons. The van der Waals surface area contributed by atoms with Crippen molar-refractivity contribution < 1.29 is 9.59 Å². The van der Waals surface area contributed by atoms with E-state index in [9.17, 15) is 14.4 Å². The lowest BCUT2D eigenvalue weighted by Crippen LogP contribution is -2.36. The van der Waals surface area contributed by atoms with Gasteiger partial charge in [0, 0.05) is 17.1 Å². The molecular formula is C16H15ClN4O3S. The van der Waals surface area contributed by atoms with E-state index in [1.54, 1.807) is 31.4 Å². The van der Waals surface area contributed by atoms with Crippen LogP contribution in [0.2, 0.25) is 5.02 Å². The third-order valence-corrected chi connectivity index (χ3v) is 4.95. The number of anilines is 2. The SMILES string of the molecule is CSc1nc2c(c(=O)[nH]1)[C@H](C(=O)Nc1cccc(Cl)c1C)CC(=O)N2. The summed E-state index contributed by atoms with van der Waals surface area (Å²) in [6.45, 7) is 1.78. The zero-order valence-electron chi connectivity index (χ0n) is 13.5. The van der Waals surface area contributed by atoms with Crippen LogP contribution in [-0.4, -0.2) is 28.0 Å².